The van der Waals surface area contributed by atoms with Crippen LogP contribution in [-0.2, 0) is 0 Å². The Morgan fingerprint density at radius 1 is 1.35 bits per heavy atom. The van der Waals surface area contributed by atoms with Crippen LogP contribution in [-0.4, -0.2) is 28.0 Å². The molecule has 0 saturated heterocycles. The molecule has 1 heterocycles. The quantitative estimate of drug-likeness (QED) is 0.889. The topological polar surface area (TPSA) is 58.0 Å². The molecule has 0 aromatic carbocycles. The molecule has 1 unspecified atom stereocenters. The highest BCUT2D eigenvalue weighted by Crippen LogP contribution is 2.23. The molecule has 0 spiro atoms. The zero-order valence-corrected chi connectivity index (χ0v) is 11.7. The van der Waals surface area contributed by atoms with E-state index in [1.54, 1.807) is 6.07 Å². The molecule has 1 atom stereocenters. The second kappa shape index (κ2) is 5.85. The van der Waals surface area contributed by atoms with E-state index in [0.717, 1.165) is 0 Å². The van der Waals surface area contributed by atoms with E-state index in [1.807, 2.05) is 0 Å². The summed E-state index contributed by atoms with van der Waals surface area (Å²) in [6, 6.07) is 1.58. The van der Waals surface area contributed by atoms with Gasteiger partial charge in [0.05, 0.1) is 11.8 Å². The largest absolute Gasteiger partial charge is 0.391 e. The van der Waals surface area contributed by atoms with Crippen LogP contribution in [0.4, 0.5) is 5.69 Å². The van der Waals surface area contributed by atoms with Crippen molar-refractivity contribution in [2.45, 2.75) is 33.3 Å². The van der Waals surface area contributed by atoms with E-state index in [1.165, 1.54) is 0 Å². The molecule has 96 valence electrons. The van der Waals surface area contributed by atoms with E-state index >= 15 is 0 Å². The van der Waals surface area contributed by atoms with Crippen LogP contribution >= 0.6 is 23.2 Å². The first-order chi connectivity index (χ1) is 7.78. The van der Waals surface area contributed by atoms with Gasteiger partial charge in [-0.05, 0) is 11.8 Å². The van der Waals surface area contributed by atoms with Gasteiger partial charge in [0.2, 0.25) is 0 Å². The summed E-state index contributed by atoms with van der Waals surface area (Å²) in [5.41, 5.74) is 0.665. The number of aliphatic hydroxyl groups excluding tert-OH is 1. The molecule has 0 amide bonds. The lowest BCUT2D eigenvalue weighted by Gasteiger charge is -2.22. The van der Waals surface area contributed by atoms with Crippen molar-refractivity contribution in [3.63, 3.8) is 0 Å². The van der Waals surface area contributed by atoms with Crippen LogP contribution in [0.2, 0.25) is 10.3 Å². The number of nitrogens with one attached hydrogen (secondary N) is 1. The highest BCUT2D eigenvalue weighted by molar-refractivity contribution is 6.33. The summed E-state index contributed by atoms with van der Waals surface area (Å²) in [4.78, 5) is 0. The number of aromatic nitrogens is 2. The molecule has 0 bridgehead atoms. The number of rotatable bonds is 4. The normalized spacial score (nSPS) is 13.5. The number of nitrogens with zero attached hydrogens (tertiary/aromatic N) is 2. The van der Waals surface area contributed by atoms with Gasteiger partial charge in [0, 0.05) is 12.6 Å². The number of hydrogen-bond donors (Lipinski definition) is 2. The SMILES string of the molecule is CC(C)(C)CC(O)CNc1cc(Cl)nnc1Cl. The third-order valence-electron chi connectivity index (χ3n) is 2.10. The van der Waals surface area contributed by atoms with Crippen LogP contribution in [0, 0.1) is 5.41 Å². The fourth-order valence-electron chi connectivity index (χ4n) is 1.48. The second-order valence-corrected chi connectivity index (χ2v) is 5.92. The summed E-state index contributed by atoms with van der Waals surface area (Å²) in [6.07, 6.45) is 0.252. The molecule has 0 saturated carbocycles. The van der Waals surface area contributed by atoms with Gasteiger partial charge in [-0.1, -0.05) is 44.0 Å². The van der Waals surface area contributed by atoms with Crippen LogP contribution in [0.1, 0.15) is 27.2 Å². The fourth-order valence-corrected chi connectivity index (χ4v) is 1.79. The van der Waals surface area contributed by atoms with Gasteiger partial charge in [-0.3, -0.25) is 0 Å². The Bertz CT molecular complexity index is 379. The summed E-state index contributed by atoms with van der Waals surface area (Å²) in [5.74, 6) is 0. The molecule has 0 fully saturated rings. The van der Waals surface area contributed by atoms with Crippen molar-refractivity contribution in [1.82, 2.24) is 10.2 Å². The molecule has 6 heteroatoms. The molecule has 17 heavy (non-hydrogen) atoms. The number of hydrogen-bond acceptors (Lipinski definition) is 4. The molecular formula is C11H17Cl2N3O. The lowest BCUT2D eigenvalue weighted by Crippen LogP contribution is -2.25. The van der Waals surface area contributed by atoms with Gasteiger partial charge < -0.3 is 10.4 Å². The smallest absolute Gasteiger partial charge is 0.174 e. The van der Waals surface area contributed by atoms with Crippen molar-refractivity contribution in [1.29, 1.82) is 0 Å². The van der Waals surface area contributed by atoms with Gasteiger partial charge in [-0.2, -0.15) is 0 Å². The first-order valence-corrected chi connectivity index (χ1v) is 6.14. The van der Waals surface area contributed by atoms with E-state index in [2.05, 4.69) is 36.3 Å². The molecule has 0 aliphatic carbocycles. The Morgan fingerprint density at radius 3 is 2.59 bits per heavy atom. The maximum atomic E-state index is 9.83. The summed E-state index contributed by atoms with van der Waals surface area (Å²) in [7, 11) is 0. The maximum absolute atomic E-state index is 9.83. The van der Waals surface area contributed by atoms with Gasteiger partial charge in [0.1, 0.15) is 0 Å². The van der Waals surface area contributed by atoms with Crippen LogP contribution in [0.5, 0.6) is 0 Å². The summed E-state index contributed by atoms with van der Waals surface area (Å²) in [6.45, 7) is 6.63. The van der Waals surface area contributed by atoms with Gasteiger partial charge in [0.25, 0.3) is 0 Å². The fraction of sp³-hybridized carbons (Fsp3) is 0.636. The molecule has 2 N–H and O–H groups in total. The van der Waals surface area contributed by atoms with Crippen LogP contribution in [0.25, 0.3) is 0 Å². The van der Waals surface area contributed by atoms with Crippen LogP contribution < -0.4 is 5.32 Å². The molecule has 0 radical (unpaired) electrons. The first-order valence-electron chi connectivity index (χ1n) is 5.38. The second-order valence-electron chi connectivity index (χ2n) is 5.17. The third-order valence-corrected chi connectivity index (χ3v) is 2.56. The Hall–Kier alpha value is -0.580. The van der Waals surface area contributed by atoms with Gasteiger partial charge >= 0.3 is 0 Å². The van der Waals surface area contributed by atoms with Gasteiger partial charge in [0.15, 0.2) is 10.3 Å². The molecular weight excluding hydrogens is 261 g/mol. The van der Waals surface area contributed by atoms with E-state index < -0.39 is 6.10 Å². The highest BCUT2D eigenvalue weighted by Gasteiger charge is 2.16. The Kier molecular flexibility index (Phi) is 4.98. The van der Waals surface area contributed by atoms with Crippen molar-refractivity contribution >= 4 is 28.9 Å². The van der Waals surface area contributed by atoms with E-state index in [-0.39, 0.29) is 15.7 Å². The van der Waals surface area contributed by atoms with Crippen molar-refractivity contribution in [2.24, 2.45) is 5.41 Å². The van der Waals surface area contributed by atoms with E-state index in [0.29, 0.717) is 18.7 Å². The van der Waals surface area contributed by atoms with E-state index in [4.69, 9.17) is 23.2 Å². The third kappa shape index (κ3) is 5.52. The highest BCUT2D eigenvalue weighted by atomic mass is 35.5. The lowest BCUT2D eigenvalue weighted by molar-refractivity contribution is 0.132. The molecule has 1 aromatic heterocycles. The lowest BCUT2D eigenvalue weighted by atomic mass is 9.89. The zero-order valence-electron chi connectivity index (χ0n) is 10.2. The minimum Gasteiger partial charge on any atom is -0.391 e. The van der Waals surface area contributed by atoms with Crippen LogP contribution in [0.3, 0.4) is 0 Å². The van der Waals surface area contributed by atoms with E-state index in [9.17, 15) is 5.11 Å². The number of aliphatic hydroxyl groups is 1. The average Bonchev–Trinajstić information content (AvgIpc) is 2.17. The predicted molar refractivity (Wildman–Crippen MR) is 70.6 cm³/mol. The number of halogens is 2. The minimum absolute atomic E-state index is 0.0824. The van der Waals surface area contributed by atoms with Crippen LogP contribution in [0.15, 0.2) is 6.07 Å². The van der Waals surface area contributed by atoms with Crippen molar-refractivity contribution in [3.05, 3.63) is 16.4 Å². The summed E-state index contributed by atoms with van der Waals surface area (Å²) >= 11 is 11.5. The summed E-state index contributed by atoms with van der Waals surface area (Å²) < 4.78 is 0. The Morgan fingerprint density at radius 2 is 2.00 bits per heavy atom. The maximum Gasteiger partial charge on any atom is 0.174 e. The summed E-state index contributed by atoms with van der Waals surface area (Å²) in [5, 5.41) is 20.6. The van der Waals surface area contributed by atoms with Gasteiger partial charge in [-0.15, -0.1) is 10.2 Å². The van der Waals surface area contributed by atoms with Crippen molar-refractivity contribution in [3.8, 4) is 0 Å². The Labute approximate surface area is 111 Å². The minimum atomic E-state index is -0.446. The van der Waals surface area contributed by atoms with Crippen molar-refractivity contribution < 1.29 is 5.11 Å². The number of anilines is 1. The molecule has 1 aromatic rings. The van der Waals surface area contributed by atoms with Gasteiger partial charge in [-0.25, -0.2) is 0 Å². The monoisotopic (exact) mass is 277 g/mol. The molecule has 1 rings (SSSR count). The average molecular weight is 278 g/mol. The predicted octanol–water partition coefficient (Wildman–Crippen LogP) is 2.99. The van der Waals surface area contributed by atoms with Crippen molar-refractivity contribution in [2.75, 3.05) is 11.9 Å². The molecule has 0 aliphatic rings. The first kappa shape index (κ1) is 14.5. The standard InChI is InChI=1S/C11H17Cl2N3O/c1-11(2,3)5-7(17)6-14-8-4-9(12)15-16-10(8)13/h4,7,17H,5-6H2,1-3H3,(H,14,15). The molecule has 4 nitrogen and oxygen atoms in total. The zero-order chi connectivity index (χ0) is 13.1. The molecule has 0 aliphatic heterocycles. The Balaban J connectivity index is 2.53.